The molecular weight excluding hydrogens is 247 g/mol. The van der Waals surface area contributed by atoms with Gasteiger partial charge in [-0.2, -0.15) is 0 Å². The number of hydrogen-bond donors (Lipinski definition) is 1. The van der Waals surface area contributed by atoms with Crippen molar-refractivity contribution < 1.29 is 4.39 Å². The number of aromatic nitrogens is 1. The summed E-state index contributed by atoms with van der Waals surface area (Å²) < 4.78 is 13.0. The third-order valence-electron chi connectivity index (χ3n) is 2.73. The summed E-state index contributed by atoms with van der Waals surface area (Å²) in [5.41, 5.74) is 2.06. The summed E-state index contributed by atoms with van der Waals surface area (Å²) in [4.78, 5) is 4.53. The van der Waals surface area contributed by atoms with Crippen LogP contribution in [-0.2, 0) is 0 Å². The first-order valence-corrected chi connectivity index (χ1v) is 6.99. The van der Waals surface area contributed by atoms with Gasteiger partial charge in [0.15, 0.2) is 0 Å². The summed E-state index contributed by atoms with van der Waals surface area (Å²) in [5.74, 6) is -0.206. The fourth-order valence-corrected chi connectivity index (χ4v) is 2.49. The van der Waals surface area contributed by atoms with Crippen LogP contribution in [0.4, 0.5) is 4.39 Å². The van der Waals surface area contributed by atoms with E-state index in [1.54, 1.807) is 11.3 Å². The monoisotopic (exact) mass is 264 g/mol. The van der Waals surface area contributed by atoms with E-state index >= 15 is 0 Å². The lowest BCUT2D eigenvalue weighted by Gasteiger charge is -2.17. The van der Waals surface area contributed by atoms with Gasteiger partial charge >= 0.3 is 0 Å². The van der Waals surface area contributed by atoms with Crippen LogP contribution >= 0.6 is 11.3 Å². The zero-order valence-corrected chi connectivity index (χ0v) is 11.4. The zero-order chi connectivity index (χ0) is 13.0. The number of halogens is 1. The fourth-order valence-electron chi connectivity index (χ4n) is 1.85. The maximum Gasteiger partial charge on any atom is 0.123 e. The van der Waals surface area contributed by atoms with E-state index in [0.29, 0.717) is 0 Å². The molecule has 0 radical (unpaired) electrons. The molecule has 1 unspecified atom stereocenters. The first-order valence-electron chi connectivity index (χ1n) is 6.11. The van der Waals surface area contributed by atoms with Gasteiger partial charge in [-0.3, -0.25) is 0 Å². The maximum atomic E-state index is 13.0. The molecule has 0 saturated carbocycles. The van der Waals surface area contributed by atoms with E-state index in [4.69, 9.17) is 0 Å². The quantitative estimate of drug-likeness (QED) is 0.891. The van der Waals surface area contributed by atoms with Crippen LogP contribution in [0.15, 0.2) is 29.6 Å². The topological polar surface area (TPSA) is 24.9 Å². The summed E-state index contributed by atoms with van der Waals surface area (Å²) in [6.45, 7) is 5.04. The molecule has 18 heavy (non-hydrogen) atoms. The molecule has 0 aliphatic heterocycles. The van der Waals surface area contributed by atoms with Gasteiger partial charge in [-0.15, -0.1) is 11.3 Å². The number of benzene rings is 1. The molecule has 1 atom stereocenters. The van der Waals surface area contributed by atoms with Crippen LogP contribution < -0.4 is 5.32 Å². The molecule has 0 fully saturated rings. The minimum atomic E-state index is -0.206. The normalized spacial score (nSPS) is 12.6. The van der Waals surface area contributed by atoms with Crippen molar-refractivity contribution in [2.75, 3.05) is 6.54 Å². The lowest BCUT2D eigenvalue weighted by atomic mass is 10.0. The standard InChI is InChI=1S/C14H17FN2S/c1-3-8-16-14(13-9-18-10(2)17-13)11-4-6-12(15)7-5-11/h4-7,9,14,16H,3,8H2,1-2H3. The Morgan fingerprint density at radius 2 is 2.06 bits per heavy atom. The largest absolute Gasteiger partial charge is 0.305 e. The highest BCUT2D eigenvalue weighted by Gasteiger charge is 2.15. The van der Waals surface area contributed by atoms with Crippen LogP contribution in [-0.4, -0.2) is 11.5 Å². The Bertz CT molecular complexity index is 493. The number of nitrogens with one attached hydrogen (secondary N) is 1. The summed E-state index contributed by atoms with van der Waals surface area (Å²) >= 11 is 1.64. The van der Waals surface area contributed by atoms with Gasteiger partial charge in [-0.05, 0) is 37.6 Å². The number of thiazole rings is 1. The molecule has 0 amide bonds. The van der Waals surface area contributed by atoms with Gasteiger partial charge in [0.05, 0.1) is 16.7 Å². The summed E-state index contributed by atoms with van der Waals surface area (Å²) in [5, 5.41) is 6.57. The van der Waals surface area contributed by atoms with Crippen molar-refractivity contribution in [1.29, 1.82) is 0 Å². The highest BCUT2D eigenvalue weighted by atomic mass is 32.1. The van der Waals surface area contributed by atoms with Gasteiger partial charge in [-0.25, -0.2) is 9.37 Å². The molecule has 2 nitrogen and oxygen atoms in total. The second kappa shape index (κ2) is 6.07. The number of rotatable bonds is 5. The highest BCUT2D eigenvalue weighted by molar-refractivity contribution is 7.09. The zero-order valence-electron chi connectivity index (χ0n) is 10.6. The molecule has 4 heteroatoms. The van der Waals surface area contributed by atoms with E-state index in [9.17, 15) is 4.39 Å². The van der Waals surface area contributed by atoms with Crippen molar-refractivity contribution in [1.82, 2.24) is 10.3 Å². The van der Waals surface area contributed by atoms with Crippen molar-refractivity contribution in [2.45, 2.75) is 26.3 Å². The van der Waals surface area contributed by atoms with E-state index in [1.807, 2.05) is 19.1 Å². The van der Waals surface area contributed by atoms with Gasteiger partial charge in [0, 0.05) is 5.38 Å². The number of nitrogens with zero attached hydrogens (tertiary/aromatic N) is 1. The van der Waals surface area contributed by atoms with Crippen molar-refractivity contribution in [2.24, 2.45) is 0 Å². The number of aryl methyl sites for hydroxylation is 1. The Balaban J connectivity index is 2.27. The Morgan fingerprint density at radius 3 is 2.61 bits per heavy atom. The first kappa shape index (κ1) is 13.2. The van der Waals surface area contributed by atoms with Gasteiger partial charge in [-0.1, -0.05) is 19.1 Å². The molecule has 0 bridgehead atoms. The van der Waals surface area contributed by atoms with E-state index < -0.39 is 0 Å². The fraction of sp³-hybridized carbons (Fsp3) is 0.357. The lowest BCUT2D eigenvalue weighted by Crippen LogP contribution is -2.23. The van der Waals surface area contributed by atoms with Crippen LogP contribution in [0, 0.1) is 12.7 Å². The molecule has 2 aromatic rings. The first-order chi connectivity index (χ1) is 8.70. The average Bonchev–Trinajstić information content (AvgIpc) is 2.78. The molecule has 0 saturated heterocycles. The van der Waals surface area contributed by atoms with Gasteiger partial charge in [0.25, 0.3) is 0 Å². The molecule has 0 aliphatic carbocycles. The molecule has 0 spiro atoms. The van der Waals surface area contributed by atoms with Gasteiger partial charge in [0.2, 0.25) is 0 Å². The molecule has 1 heterocycles. The van der Waals surface area contributed by atoms with Crippen LogP contribution in [0.25, 0.3) is 0 Å². The molecule has 2 rings (SSSR count). The van der Waals surface area contributed by atoms with Gasteiger partial charge in [0.1, 0.15) is 5.82 Å². The molecule has 1 aromatic heterocycles. The van der Waals surface area contributed by atoms with Crippen molar-refractivity contribution in [3.8, 4) is 0 Å². The molecule has 1 aromatic carbocycles. The SMILES string of the molecule is CCCNC(c1ccc(F)cc1)c1csc(C)n1. The lowest BCUT2D eigenvalue weighted by molar-refractivity contribution is 0.584. The van der Waals surface area contributed by atoms with Crippen molar-refractivity contribution in [3.05, 3.63) is 51.7 Å². The number of hydrogen-bond acceptors (Lipinski definition) is 3. The second-order valence-corrected chi connectivity index (χ2v) is 5.29. The Kier molecular flexibility index (Phi) is 4.44. The summed E-state index contributed by atoms with van der Waals surface area (Å²) in [7, 11) is 0. The minimum absolute atomic E-state index is 0.0514. The van der Waals surface area contributed by atoms with E-state index in [-0.39, 0.29) is 11.9 Å². The summed E-state index contributed by atoms with van der Waals surface area (Å²) in [6.07, 6.45) is 1.06. The van der Waals surface area contributed by atoms with Crippen LogP contribution in [0.1, 0.15) is 35.7 Å². The maximum absolute atomic E-state index is 13.0. The predicted octanol–water partition coefficient (Wildman–Crippen LogP) is 3.68. The van der Waals surface area contributed by atoms with Crippen LogP contribution in [0.5, 0.6) is 0 Å². The van der Waals surface area contributed by atoms with Crippen LogP contribution in [0.2, 0.25) is 0 Å². The second-order valence-electron chi connectivity index (χ2n) is 4.23. The van der Waals surface area contributed by atoms with E-state index in [2.05, 4.69) is 22.6 Å². The molecule has 96 valence electrons. The molecular formula is C14H17FN2S. The van der Waals surface area contributed by atoms with E-state index in [0.717, 1.165) is 29.2 Å². The molecule has 1 N–H and O–H groups in total. The molecule has 0 aliphatic rings. The van der Waals surface area contributed by atoms with Crippen molar-refractivity contribution >= 4 is 11.3 Å². The minimum Gasteiger partial charge on any atom is -0.305 e. The smallest absolute Gasteiger partial charge is 0.123 e. The predicted molar refractivity (Wildman–Crippen MR) is 73.4 cm³/mol. The summed E-state index contributed by atoms with van der Waals surface area (Å²) in [6, 6.07) is 6.68. The van der Waals surface area contributed by atoms with Crippen molar-refractivity contribution in [3.63, 3.8) is 0 Å². The Hall–Kier alpha value is -1.26. The average molecular weight is 264 g/mol. The Labute approximate surface area is 111 Å². The van der Waals surface area contributed by atoms with Crippen LogP contribution in [0.3, 0.4) is 0 Å². The highest BCUT2D eigenvalue weighted by Crippen LogP contribution is 2.23. The Morgan fingerprint density at radius 1 is 1.33 bits per heavy atom. The third kappa shape index (κ3) is 3.15. The van der Waals surface area contributed by atoms with Gasteiger partial charge < -0.3 is 5.32 Å². The van der Waals surface area contributed by atoms with E-state index in [1.165, 1.54) is 12.1 Å². The third-order valence-corrected chi connectivity index (χ3v) is 3.53.